The van der Waals surface area contributed by atoms with Crippen molar-refractivity contribution in [1.29, 1.82) is 0 Å². The molecule has 0 radical (unpaired) electrons. The number of hydrogen-bond acceptors (Lipinski definition) is 1. The Morgan fingerprint density at radius 1 is 1.43 bits per heavy atom. The highest BCUT2D eigenvalue weighted by Crippen LogP contribution is 1.89. The number of rotatable bonds is 0. The number of terminal acetylenes is 1. The Balaban J connectivity index is 0.000000162. The van der Waals surface area contributed by atoms with Gasteiger partial charge in [-0.3, -0.25) is 0 Å². The van der Waals surface area contributed by atoms with E-state index in [-0.39, 0.29) is 0 Å². The predicted molar refractivity (Wildman–Crippen MR) is 35.9 cm³/mol. The zero-order valence-corrected chi connectivity index (χ0v) is 5.90. The summed E-state index contributed by atoms with van der Waals surface area (Å²) >= 11 is 0. The molecule has 1 nitrogen and oxygen atoms in total. The summed E-state index contributed by atoms with van der Waals surface area (Å²) in [6.07, 6.45) is 9.45. The molecule has 1 N–H and O–H groups in total. The minimum absolute atomic E-state index is 0.293. The molecule has 0 spiro atoms. The fraction of sp³-hybridized carbons (Fsp3) is 0.600. The summed E-state index contributed by atoms with van der Waals surface area (Å²) in [6, 6.07) is 1.53. The summed E-state index contributed by atoms with van der Waals surface area (Å²) in [5, 5.41) is 0. The van der Waals surface area contributed by atoms with E-state index in [2.05, 4.69) is 17.8 Å². The molecule has 1 fully saturated rings. The maximum absolute atomic E-state index is 4.00. The molecule has 40 valence electrons. The van der Waals surface area contributed by atoms with Crippen LogP contribution in [0, 0.1) is 12.8 Å². The lowest BCUT2D eigenvalue weighted by atomic mass is 10.5. The van der Waals surface area contributed by atoms with E-state index in [0.29, 0.717) is 9.68 Å². The maximum atomic E-state index is 4.00. The van der Waals surface area contributed by atoms with Crippen molar-refractivity contribution in [2.75, 3.05) is 6.54 Å². The minimum Gasteiger partial charge on any atom is -0.342 e. The molecule has 0 aliphatic carbocycles. The molecule has 0 atom stereocenters. The van der Waals surface area contributed by atoms with Crippen LogP contribution in [0.1, 0.15) is 6.42 Å². The van der Waals surface area contributed by atoms with Gasteiger partial charge in [0.25, 0.3) is 0 Å². The molecule has 0 saturated carbocycles. The minimum atomic E-state index is 0.293. The molecule has 0 aromatic heterocycles. The van der Waals surface area contributed by atoms with E-state index < -0.39 is 0 Å². The standard InChI is InChI=1S/C3H9NSi.C2H2/c1-2-4-5-3-1;1-2/h4H,1-3,5H2;1-2H. The van der Waals surface area contributed by atoms with Gasteiger partial charge in [-0.25, -0.2) is 0 Å². The molecule has 0 aromatic carbocycles. The molecule has 0 aromatic rings. The highest BCUT2D eigenvalue weighted by atomic mass is 28.2. The average Bonchev–Trinajstić information content (AvgIpc) is 2.23. The summed E-state index contributed by atoms with van der Waals surface area (Å²) in [5.41, 5.74) is 0. The third-order valence-electron chi connectivity index (χ3n) is 0.957. The zero-order chi connectivity index (χ0) is 5.54. The summed E-state index contributed by atoms with van der Waals surface area (Å²) in [7, 11) is 0.293. The van der Waals surface area contributed by atoms with Crippen molar-refractivity contribution in [2.45, 2.75) is 12.5 Å². The zero-order valence-electron chi connectivity index (χ0n) is 4.48. The lowest BCUT2D eigenvalue weighted by molar-refractivity contribution is 0.933. The van der Waals surface area contributed by atoms with Crippen LogP contribution in [0.4, 0.5) is 0 Å². The molecule has 1 aliphatic rings. The molecular weight excluding hydrogens is 102 g/mol. The predicted octanol–water partition coefficient (Wildman–Crippen LogP) is -0.269. The summed E-state index contributed by atoms with van der Waals surface area (Å²) in [4.78, 5) is 3.36. The second kappa shape index (κ2) is 5.74. The Kier molecular flexibility index (Phi) is 5.52. The van der Waals surface area contributed by atoms with Gasteiger partial charge in [-0.1, -0.05) is 0 Å². The molecule has 7 heavy (non-hydrogen) atoms. The van der Waals surface area contributed by atoms with Crippen molar-refractivity contribution >= 4 is 9.68 Å². The molecule has 0 bridgehead atoms. The van der Waals surface area contributed by atoms with E-state index in [0.717, 1.165) is 0 Å². The van der Waals surface area contributed by atoms with Gasteiger partial charge >= 0.3 is 0 Å². The first-order chi connectivity index (χ1) is 3.50. The quantitative estimate of drug-likeness (QED) is 0.337. The highest BCUT2D eigenvalue weighted by molar-refractivity contribution is 6.33. The van der Waals surface area contributed by atoms with E-state index in [1.165, 1.54) is 19.0 Å². The first-order valence-electron chi connectivity index (χ1n) is 2.54. The fourth-order valence-corrected chi connectivity index (χ4v) is 1.87. The summed E-state index contributed by atoms with van der Waals surface area (Å²) in [6.45, 7) is 1.31. The highest BCUT2D eigenvalue weighted by Gasteiger charge is 1.94. The summed E-state index contributed by atoms with van der Waals surface area (Å²) < 4.78 is 0. The smallest absolute Gasteiger partial charge is 0.0916 e. The monoisotopic (exact) mass is 113 g/mol. The van der Waals surface area contributed by atoms with Gasteiger partial charge in [-0.2, -0.15) is 0 Å². The molecule has 1 heterocycles. The lowest BCUT2D eigenvalue weighted by Gasteiger charge is -1.75. The van der Waals surface area contributed by atoms with Crippen molar-refractivity contribution in [1.82, 2.24) is 4.98 Å². The van der Waals surface area contributed by atoms with Gasteiger partial charge in [0, 0.05) is 0 Å². The van der Waals surface area contributed by atoms with Crippen LogP contribution in [-0.4, -0.2) is 16.2 Å². The van der Waals surface area contributed by atoms with Crippen molar-refractivity contribution in [3.63, 3.8) is 0 Å². The van der Waals surface area contributed by atoms with Crippen LogP contribution in [0.15, 0.2) is 0 Å². The second-order valence-corrected chi connectivity index (χ2v) is 3.16. The van der Waals surface area contributed by atoms with E-state index in [1.54, 1.807) is 0 Å². The van der Waals surface area contributed by atoms with Crippen LogP contribution in [0.5, 0.6) is 0 Å². The topological polar surface area (TPSA) is 12.0 Å². The second-order valence-electron chi connectivity index (χ2n) is 1.46. The van der Waals surface area contributed by atoms with Gasteiger partial charge in [-0.15, -0.1) is 12.8 Å². The average molecular weight is 113 g/mol. The third-order valence-corrected chi connectivity index (χ3v) is 2.52. The first kappa shape index (κ1) is 6.74. The Labute approximate surface area is 47.4 Å². The largest absolute Gasteiger partial charge is 0.342 e. The Hall–Kier alpha value is -0.263. The number of hydrogen-bond donors (Lipinski definition) is 1. The van der Waals surface area contributed by atoms with Crippen LogP contribution in [-0.2, 0) is 0 Å². The SMILES string of the molecule is C#C.C1CN[SiH2]C1. The fourth-order valence-electron chi connectivity index (χ4n) is 0.625. The molecule has 1 rings (SSSR count). The van der Waals surface area contributed by atoms with Crippen LogP contribution in [0.3, 0.4) is 0 Å². The van der Waals surface area contributed by atoms with Crippen LogP contribution in [0.25, 0.3) is 0 Å². The van der Waals surface area contributed by atoms with E-state index in [9.17, 15) is 0 Å². The van der Waals surface area contributed by atoms with Gasteiger partial charge < -0.3 is 4.98 Å². The summed E-state index contributed by atoms with van der Waals surface area (Å²) in [5.74, 6) is 0. The molecule has 1 aliphatic heterocycles. The molecule has 1 saturated heterocycles. The maximum Gasteiger partial charge on any atom is 0.0916 e. The van der Waals surface area contributed by atoms with Gasteiger partial charge in [0.15, 0.2) is 0 Å². The number of nitrogens with one attached hydrogen (secondary N) is 1. The molecular formula is C5H11NSi. The van der Waals surface area contributed by atoms with Crippen molar-refractivity contribution in [3.05, 3.63) is 0 Å². The van der Waals surface area contributed by atoms with E-state index >= 15 is 0 Å². The van der Waals surface area contributed by atoms with Gasteiger partial charge in [0.1, 0.15) is 0 Å². The van der Waals surface area contributed by atoms with Crippen molar-refractivity contribution < 1.29 is 0 Å². The Bertz CT molecular complexity index is 39.7. The van der Waals surface area contributed by atoms with E-state index in [1.807, 2.05) is 0 Å². The normalized spacial score (nSPS) is 20.9. The third kappa shape index (κ3) is 3.57. The van der Waals surface area contributed by atoms with Crippen LogP contribution < -0.4 is 4.98 Å². The van der Waals surface area contributed by atoms with Crippen molar-refractivity contribution in [2.24, 2.45) is 0 Å². The van der Waals surface area contributed by atoms with Gasteiger partial charge in [-0.05, 0) is 19.0 Å². The Morgan fingerprint density at radius 2 is 2.14 bits per heavy atom. The lowest BCUT2D eigenvalue weighted by Crippen LogP contribution is -2.07. The van der Waals surface area contributed by atoms with Gasteiger partial charge in [0.2, 0.25) is 0 Å². The van der Waals surface area contributed by atoms with Crippen molar-refractivity contribution in [3.8, 4) is 12.8 Å². The van der Waals surface area contributed by atoms with Crippen LogP contribution >= 0.6 is 0 Å². The Morgan fingerprint density at radius 3 is 2.29 bits per heavy atom. The van der Waals surface area contributed by atoms with Gasteiger partial charge in [0.05, 0.1) is 9.68 Å². The first-order valence-corrected chi connectivity index (χ1v) is 4.25. The van der Waals surface area contributed by atoms with Crippen LogP contribution in [0.2, 0.25) is 6.04 Å². The molecule has 2 heteroatoms. The molecule has 0 amide bonds. The molecule has 0 unspecified atom stereocenters. The van der Waals surface area contributed by atoms with E-state index in [4.69, 9.17) is 0 Å².